The van der Waals surface area contributed by atoms with Crippen LogP contribution in [-0.4, -0.2) is 47.6 Å². The zero-order valence-corrected chi connectivity index (χ0v) is 17.6. The molecule has 1 fully saturated rings. The van der Waals surface area contributed by atoms with E-state index in [1.54, 1.807) is 19.1 Å². The Labute approximate surface area is 170 Å². The second kappa shape index (κ2) is 10.5. The molecule has 0 bridgehead atoms. The summed E-state index contributed by atoms with van der Waals surface area (Å²) in [6.07, 6.45) is 2.94. The summed E-state index contributed by atoms with van der Waals surface area (Å²) in [5.41, 5.74) is 0.878. The van der Waals surface area contributed by atoms with E-state index in [4.69, 9.17) is 21.7 Å². The number of benzene rings is 1. The van der Waals surface area contributed by atoms with E-state index in [9.17, 15) is 9.59 Å². The Bertz CT molecular complexity index is 680. The van der Waals surface area contributed by atoms with E-state index in [0.29, 0.717) is 28.8 Å². The number of hydrogen-bond acceptors (Lipinski definition) is 6. The van der Waals surface area contributed by atoms with Crippen LogP contribution in [-0.2, 0) is 9.59 Å². The number of ether oxygens (including phenoxy) is 2. The van der Waals surface area contributed by atoms with Gasteiger partial charge in [-0.25, -0.2) is 0 Å². The summed E-state index contributed by atoms with van der Waals surface area (Å²) in [5.74, 6) is 1.97. The maximum atomic E-state index is 12.2. The lowest BCUT2D eigenvalue weighted by molar-refractivity contribution is -0.124. The number of thioether (sulfide) groups is 1. The van der Waals surface area contributed by atoms with Crippen LogP contribution in [0.2, 0.25) is 0 Å². The van der Waals surface area contributed by atoms with Crippen molar-refractivity contribution in [2.24, 2.45) is 0 Å². The fourth-order valence-corrected chi connectivity index (χ4v) is 4.02. The first-order chi connectivity index (χ1) is 13.0. The van der Waals surface area contributed by atoms with E-state index in [0.717, 1.165) is 30.6 Å². The summed E-state index contributed by atoms with van der Waals surface area (Å²) in [7, 11) is 3.21. The van der Waals surface area contributed by atoms with Crippen LogP contribution in [0.1, 0.15) is 44.2 Å². The molecule has 0 aliphatic carbocycles. The number of nitrogens with one attached hydrogen (secondary N) is 1. The Hall–Kier alpha value is -1.80. The fraction of sp³-hybridized carbons (Fsp3) is 0.526. The maximum absolute atomic E-state index is 12.2. The highest BCUT2D eigenvalue weighted by atomic mass is 32.2. The molecule has 1 saturated heterocycles. The number of unbranched alkanes of at least 4 members (excludes halogenated alkanes) is 2. The van der Waals surface area contributed by atoms with Gasteiger partial charge in [0.1, 0.15) is 15.8 Å². The predicted molar refractivity (Wildman–Crippen MR) is 111 cm³/mol. The number of carbonyl (C=O) groups is 2. The minimum Gasteiger partial charge on any atom is -0.497 e. The zero-order chi connectivity index (χ0) is 19.8. The fourth-order valence-electron chi connectivity index (χ4n) is 2.90. The van der Waals surface area contributed by atoms with Crippen molar-refractivity contribution >= 4 is 40.1 Å². The van der Waals surface area contributed by atoms with Crippen LogP contribution in [0.25, 0.3) is 0 Å². The van der Waals surface area contributed by atoms with Crippen molar-refractivity contribution < 1.29 is 19.1 Å². The van der Waals surface area contributed by atoms with Gasteiger partial charge in [0.2, 0.25) is 11.8 Å². The average molecular weight is 411 g/mol. The average Bonchev–Trinajstić information content (AvgIpc) is 2.98. The van der Waals surface area contributed by atoms with Crippen LogP contribution in [0.4, 0.5) is 0 Å². The highest BCUT2D eigenvalue weighted by Crippen LogP contribution is 2.29. The van der Waals surface area contributed by atoms with Crippen LogP contribution in [0.15, 0.2) is 18.2 Å². The first-order valence-electron chi connectivity index (χ1n) is 8.94. The third kappa shape index (κ3) is 6.10. The van der Waals surface area contributed by atoms with E-state index >= 15 is 0 Å². The highest BCUT2D eigenvalue weighted by molar-refractivity contribution is 8.23. The second-order valence-electron chi connectivity index (χ2n) is 6.31. The molecule has 1 aliphatic rings. The third-order valence-corrected chi connectivity index (χ3v) is 5.84. The summed E-state index contributed by atoms with van der Waals surface area (Å²) < 4.78 is 11.3. The molecule has 8 heteroatoms. The van der Waals surface area contributed by atoms with Crippen molar-refractivity contribution in [3.63, 3.8) is 0 Å². The molecule has 148 valence electrons. The number of carbonyl (C=O) groups excluding carboxylic acids is 2. The van der Waals surface area contributed by atoms with Crippen LogP contribution in [0.5, 0.6) is 11.5 Å². The van der Waals surface area contributed by atoms with Crippen molar-refractivity contribution in [2.75, 3.05) is 26.5 Å². The monoisotopic (exact) mass is 410 g/mol. The molecule has 1 N–H and O–H groups in total. The minimum atomic E-state index is -0.181. The number of methoxy groups -OCH3 is 2. The van der Waals surface area contributed by atoms with E-state index in [2.05, 4.69) is 5.32 Å². The normalized spacial score (nSPS) is 15.0. The summed E-state index contributed by atoms with van der Waals surface area (Å²) >= 11 is 6.57. The van der Waals surface area contributed by atoms with Gasteiger partial charge in [0, 0.05) is 18.5 Å². The van der Waals surface area contributed by atoms with Crippen LogP contribution < -0.4 is 14.8 Å². The largest absolute Gasteiger partial charge is 0.497 e. The lowest BCUT2D eigenvalue weighted by atomic mass is 10.1. The molecule has 1 heterocycles. The molecule has 1 aromatic rings. The van der Waals surface area contributed by atoms with Gasteiger partial charge in [-0.05, 0) is 38.0 Å². The Morgan fingerprint density at radius 1 is 1.30 bits per heavy atom. The quantitative estimate of drug-likeness (QED) is 0.472. The van der Waals surface area contributed by atoms with Crippen molar-refractivity contribution in [2.45, 2.75) is 38.6 Å². The van der Waals surface area contributed by atoms with Crippen LogP contribution in [0.3, 0.4) is 0 Å². The number of nitrogens with zero attached hydrogens (tertiary/aromatic N) is 1. The molecular weight excluding hydrogens is 384 g/mol. The standard InChI is InChI=1S/C19H26N2O4S2/c1-13(15-11-14(24-2)8-9-16(15)25-3)20-17(22)7-5-4-6-10-21-18(23)12-27-19(21)26/h8-9,11,13H,4-7,10,12H2,1-3H3,(H,20,22)/t13-/m0/s1. The first-order valence-corrected chi connectivity index (χ1v) is 10.3. The lowest BCUT2D eigenvalue weighted by Crippen LogP contribution is -2.29. The van der Waals surface area contributed by atoms with Gasteiger partial charge in [-0.1, -0.05) is 30.4 Å². The highest BCUT2D eigenvalue weighted by Gasteiger charge is 2.25. The Balaban J connectivity index is 1.74. The molecule has 2 amide bonds. The van der Waals surface area contributed by atoms with E-state index in [1.807, 2.05) is 25.1 Å². The molecule has 2 rings (SSSR count). The molecule has 0 aromatic heterocycles. The van der Waals surface area contributed by atoms with Gasteiger partial charge in [0.05, 0.1) is 26.0 Å². The second-order valence-corrected chi connectivity index (χ2v) is 7.92. The predicted octanol–water partition coefficient (Wildman–Crippen LogP) is 3.30. The molecule has 0 unspecified atom stereocenters. The zero-order valence-electron chi connectivity index (χ0n) is 15.9. The SMILES string of the molecule is COc1ccc(OC)c([C@H](C)NC(=O)CCCCCN2C(=O)CSC2=S)c1. The van der Waals surface area contributed by atoms with Crippen molar-refractivity contribution in [1.29, 1.82) is 0 Å². The van der Waals surface area contributed by atoms with Crippen LogP contribution in [0, 0.1) is 0 Å². The van der Waals surface area contributed by atoms with Gasteiger partial charge < -0.3 is 14.8 Å². The Morgan fingerprint density at radius 3 is 2.70 bits per heavy atom. The molecule has 1 aromatic carbocycles. The van der Waals surface area contributed by atoms with E-state index in [-0.39, 0.29) is 17.9 Å². The molecule has 6 nitrogen and oxygen atoms in total. The van der Waals surface area contributed by atoms with Gasteiger partial charge in [-0.2, -0.15) is 0 Å². The first kappa shape index (κ1) is 21.5. The molecule has 1 atom stereocenters. The van der Waals surface area contributed by atoms with Gasteiger partial charge in [-0.15, -0.1) is 0 Å². The molecular formula is C19H26N2O4S2. The third-order valence-electron chi connectivity index (χ3n) is 4.41. The van der Waals surface area contributed by atoms with Gasteiger partial charge in [0.25, 0.3) is 0 Å². The molecule has 0 radical (unpaired) electrons. The van der Waals surface area contributed by atoms with Gasteiger partial charge in [-0.3, -0.25) is 14.5 Å². The topological polar surface area (TPSA) is 67.9 Å². The smallest absolute Gasteiger partial charge is 0.238 e. The molecule has 0 saturated carbocycles. The van der Waals surface area contributed by atoms with Crippen molar-refractivity contribution in [3.8, 4) is 11.5 Å². The lowest BCUT2D eigenvalue weighted by Gasteiger charge is -2.18. The number of rotatable bonds is 10. The Kier molecular flexibility index (Phi) is 8.37. The maximum Gasteiger partial charge on any atom is 0.238 e. The summed E-state index contributed by atoms with van der Waals surface area (Å²) in [4.78, 5) is 25.5. The van der Waals surface area contributed by atoms with Crippen molar-refractivity contribution in [3.05, 3.63) is 23.8 Å². The number of thiocarbonyl (C=S) groups is 1. The summed E-state index contributed by atoms with van der Waals surface area (Å²) in [6.45, 7) is 2.57. The number of amides is 2. The van der Waals surface area contributed by atoms with Gasteiger partial charge >= 0.3 is 0 Å². The van der Waals surface area contributed by atoms with E-state index < -0.39 is 0 Å². The molecule has 27 heavy (non-hydrogen) atoms. The van der Waals surface area contributed by atoms with Gasteiger partial charge in [0.15, 0.2) is 0 Å². The number of hydrogen-bond donors (Lipinski definition) is 1. The van der Waals surface area contributed by atoms with E-state index in [1.165, 1.54) is 11.8 Å². The minimum absolute atomic E-state index is 0.00398. The molecule has 1 aliphatic heterocycles. The summed E-state index contributed by atoms with van der Waals surface area (Å²) in [6, 6.07) is 5.35. The summed E-state index contributed by atoms with van der Waals surface area (Å²) in [5, 5.41) is 3.01. The Morgan fingerprint density at radius 2 is 2.07 bits per heavy atom. The van der Waals surface area contributed by atoms with Crippen LogP contribution >= 0.6 is 24.0 Å². The van der Waals surface area contributed by atoms with Crippen molar-refractivity contribution in [1.82, 2.24) is 10.2 Å². The molecule has 0 spiro atoms.